The van der Waals surface area contributed by atoms with Crippen LogP contribution in [0.1, 0.15) is 0 Å². The molecule has 4 heterocycles. The molecule has 0 aliphatic carbocycles. The Kier molecular flexibility index (Phi) is 6.42. The van der Waals surface area contributed by atoms with Gasteiger partial charge in [-0.15, -0.1) is 0 Å². The van der Waals surface area contributed by atoms with Gasteiger partial charge in [-0.2, -0.15) is 0 Å². The molecule has 0 saturated carbocycles. The molecule has 0 unspecified atom stereocenters. The van der Waals surface area contributed by atoms with Gasteiger partial charge in [0.2, 0.25) is 0 Å². The predicted octanol–water partition coefficient (Wildman–Crippen LogP) is 11.5. The number of aromatic nitrogens is 4. The number of pyridine rings is 1. The lowest BCUT2D eigenvalue weighted by atomic mass is 10.0. The van der Waals surface area contributed by atoms with Gasteiger partial charge < -0.3 is 8.98 Å². The Morgan fingerprint density at radius 3 is 1.70 bits per heavy atom. The molecule has 0 radical (unpaired) electrons. The van der Waals surface area contributed by atoms with Crippen LogP contribution in [0.5, 0.6) is 0 Å². The molecular weight excluding hydrogens is 613 g/mol. The highest BCUT2D eigenvalue weighted by Gasteiger charge is 2.24. The van der Waals surface area contributed by atoms with Gasteiger partial charge in [0.25, 0.3) is 0 Å². The molecule has 0 atom stereocenters. The van der Waals surface area contributed by atoms with Crippen molar-refractivity contribution in [1.29, 1.82) is 0 Å². The molecule has 0 N–H and O–H groups in total. The van der Waals surface area contributed by atoms with Crippen molar-refractivity contribution in [3.63, 3.8) is 0 Å². The summed E-state index contributed by atoms with van der Waals surface area (Å²) in [6.07, 6.45) is 0. The van der Waals surface area contributed by atoms with E-state index >= 15 is 0 Å². The average molecular weight is 641 g/mol. The number of benzene rings is 6. The molecule has 0 aliphatic rings. The van der Waals surface area contributed by atoms with E-state index in [-0.39, 0.29) is 0 Å². The minimum Gasteiger partial charge on any atom is -0.453 e. The molecule has 0 bridgehead atoms. The first-order valence-corrected chi connectivity index (χ1v) is 16.7. The van der Waals surface area contributed by atoms with E-state index in [0.29, 0.717) is 5.82 Å². The zero-order chi connectivity index (χ0) is 33.0. The highest BCUT2D eigenvalue weighted by atomic mass is 16.3. The fraction of sp³-hybridized carbons (Fsp3) is 0. The molecule has 0 fully saturated rings. The minimum atomic E-state index is 0.696. The molecule has 0 spiro atoms. The number of para-hydroxylation sites is 2. The molecule has 0 aliphatic heterocycles. The number of nitrogens with zero attached hydrogens (tertiary/aromatic N) is 4. The van der Waals surface area contributed by atoms with Crippen LogP contribution in [-0.4, -0.2) is 19.5 Å². The van der Waals surface area contributed by atoms with Crippen LogP contribution in [0.25, 0.3) is 94.7 Å². The van der Waals surface area contributed by atoms with E-state index in [2.05, 4.69) is 120 Å². The van der Waals surface area contributed by atoms with Crippen LogP contribution >= 0.6 is 0 Å². The maximum absolute atomic E-state index is 6.87. The Hall–Kier alpha value is -6.85. The van der Waals surface area contributed by atoms with Crippen LogP contribution in [0.15, 0.2) is 174 Å². The fourth-order valence-corrected chi connectivity index (χ4v) is 7.07. The molecule has 234 valence electrons. The van der Waals surface area contributed by atoms with Crippen LogP contribution < -0.4 is 0 Å². The zero-order valence-corrected chi connectivity index (χ0v) is 26.9. The minimum absolute atomic E-state index is 0.696. The average Bonchev–Trinajstić information content (AvgIpc) is 3.74. The highest BCUT2D eigenvalue weighted by Crippen LogP contribution is 2.44. The Bertz CT molecular complexity index is 2780. The zero-order valence-electron chi connectivity index (χ0n) is 26.9. The molecule has 5 heteroatoms. The van der Waals surface area contributed by atoms with Crippen molar-refractivity contribution < 1.29 is 4.42 Å². The van der Waals surface area contributed by atoms with E-state index in [1.807, 2.05) is 54.6 Å². The van der Waals surface area contributed by atoms with Gasteiger partial charge in [0, 0.05) is 38.7 Å². The van der Waals surface area contributed by atoms with E-state index in [0.717, 1.165) is 88.9 Å². The van der Waals surface area contributed by atoms with Gasteiger partial charge in [0.05, 0.1) is 33.5 Å². The molecule has 10 rings (SSSR count). The SMILES string of the molecule is c1ccc(-c2cc(-c3ccc(-n4c5ccccc5c5oc6c7ccccc7nc(-c7ccccc7)c6c54)cc3)nc(-c3ccccc3)n2)cc1. The van der Waals surface area contributed by atoms with Gasteiger partial charge in [-0.25, -0.2) is 15.0 Å². The first kappa shape index (κ1) is 28.2. The topological polar surface area (TPSA) is 56.7 Å². The van der Waals surface area contributed by atoms with E-state index in [1.54, 1.807) is 0 Å². The number of hydrogen-bond donors (Lipinski definition) is 0. The van der Waals surface area contributed by atoms with Crippen LogP contribution in [0.3, 0.4) is 0 Å². The van der Waals surface area contributed by atoms with Gasteiger partial charge in [-0.3, -0.25) is 0 Å². The largest absolute Gasteiger partial charge is 0.453 e. The first-order chi connectivity index (χ1) is 24.8. The number of rotatable bonds is 5. The van der Waals surface area contributed by atoms with Gasteiger partial charge in [0.15, 0.2) is 11.4 Å². The van der Waals surface area contributed by atoms with Crippen molar-refractivity contribution in [3.05, 3.63) is 170 Å². The summed E-state index contributed by atoms with van der Waals surface area (Å²) in [6, 6.07) is 58.2. The molecule has 50 heavy (non-hydrogen) atoms. The van der Waals surface area contributed by atoms with Gasteiger partial charge in [0.1, 0.15) is 11.1 Å². The number of fused-ring (bicyclic) bond motifs is 7. The molecule has 5 nitrogen and oxygen atoms in total. The third kappa shape index (κ3) is 4.52. The van der Waals surface area contributed by atoms with E-state index < -0.39 is 0 Å². The summed E-state index contributed by atoms with van der Waals surface area (Å²) in [4.78, 5) is 15.3. The molecular formula is C45H28N4O. The van der Waals surface area contributed by atoms with Crippen LogP contribution in [0.2, 0.25) is 0 Å². The molecule has 0 saturated heterocycles. The van der Waals surface area contributed by atoms with Crippen LogP contribution in [0.4, 0.5) is 0 Å². The van der Waals surface area contributed by atoms with Crippen molar-refractivity contribution in [2.24, 2.45) is 0 Å². The lowest BCUT2D eigenvalue weighted by Crippen LogP contribution is -1.97. The lowest BCUT2D eigenvalue weighted by Gasteiger charge is -2.12. The summed E-state index contributed by atoms with van der Waals surface area (Å²) in [5, 5.41) is 3.05. The predicted molar refractivity (Wildman–Crippen MR) is 203 cm³/mol. The summed E-state index contributed by atoms with van der Waals surface area (Å²) in [5.41, 5.74) is 12.4. The van der Waals surface area contributed by atoms with Crippen molar-refractivity contribution in [1.82, 2.24) is 19.5 Å². The number of hydrogen-bond acceptors (Lipinski definition) is 4. The molecule has 10 aromatic rings. The smallest absolute Gasteiger partial charge is 0.161 e. The van der Waals surface area contributed by atoms with E-state index in [1.165, 1.54) is 0 Å². The fourth-order valence-electron chi connectivity index (χ4n) is 7.07. The van der Waals surface area contributed by atoms with Crippen LogP contribution in [0, 0.1) is 0 Å². The van der Waals surface area contributed by atoms with Crippen molar-refractivity contribution >= 4 is 43.9 Å². The maximum Gasteiger partial charge on any atom is 0.161 e. The Labute approximate surface area is 287 Å². The highest BCUT2D eigenvalue weighted by molar-refractivity contribution is 6.24. The van der Waals surface area contributed by atoms with E-state index in [4.69, 9.17) is 19.4 Å². The second kappa shape index (κ2) is 11.4. The van der Waals surface area contributed by atoms with Gasteiger partial charge in [-0.05, 0) is 42.5 Å². The third-order valence-electron chi connectivity index (χ3n) is 9.41. The summed E-state index contributed by atoms with van der Waals surface area (Å²) in [7, 11) is 0. The van der Waals surface area contributed by atoms with Crippen LogP contribution in [-0.2, 0) is 0 Å². The summed E-state index contributed by atoms with van der Waals surface area (Å²) >= 11 is 0. The molecule has 4 aromatic heterocycles. The third-order valence-corrected chi connectivity index (χ3v) is 9.41. The van der Waals surface area contributed by atoms with E-state index in [9.17, 15) is 0 Å². The second-order valence-corrected chi connectivity index (χ2v) is 12.4. The van der Waals surface area contributed by atoms with Crippen molar-refractivity contribution in [3.8, 4) is 50.8 Å². The lowest BCUT2D eigenvalue weighted by molar-refractivity contribution is 0.676. The summed E-state index contributed by atoms with van der Waals surface area (Å²) < 4.78 is 9.18. The summed E-state index contributed by atoms with van der Waals surface area (Å²) in [5.74, 6) is 0.696. The number of furan rings is 1. The summed E-state index contributed by atoms with van der Waals surface area (Å²) in [6.45, 7) is 0. The van der Waals surface area contributed by atoms with Crippen molar-refractivity contribution in [2.75, 3.05) is 0 Å². The quantitative estimate of drug-likeness (QED) is 0.188. The Morgan fingerprint density at radius 2 is 1.00 bits per heavy atom. The maximum atomic E-state index is 6.87. The standard InChI is InChI=1S/C45H28N4O/c1-4-14-29(15-5-1)37-28-38(48-45(47-37)32-18-8-3-9-19-32)30-24-26-33(27-25-30)49-39-23-13-11-21-35(39)44-42(49)40-41(31-16-6-2-7-17-31)46-36-22-12-10-20-34(36)43(40)50-44/h1-28H. The van der Waals surface area contributed by atoms with Gasteiger partial charge in [-0.1, -0.05) is 127 Å². The monoisotopic (exact) mass is 640 g/mol. The molecule has 0 amide bonds. The molecule has 6 aromatic carbocycles. The van der Waals surface area contributed by atoms with Gasteiger partial charge >= 0.3 is 0 Å². The second-order valence-electron chi connectivity index (χ2n) is 12.4. The first-order valence-electron chi connectivity index (χ1n) is 16.7. The Morgan fingerprint density at radius 1 is 0.440 bits per heavy atom. The Balaban J connectivity index is 1.20. The normalized spacial score (nSPS) is 11.6. The van der Waals surface area contributed by atoms with Crippen molar-refractivity contribution in [2.45, 2.75) is 0 Å².